The first kappa shape index (κ1) is 19.9. The van der Waals surface area contributed by atoms with E-state index in [4.69, 9.17) is 0 Å². The molecule has 0 N–H and O–H groups in total. The molecule has 2 atom stereocenters. The van der Waals surface area contributed by atoms with Gasteiger partial charge in [0, 0.05) is 0 Å². The van der Waals surface area contributed by atoms with Crippen LogP contribution in [0.5, 0.6) is 0 Å². The lowest BCUT2D eigenvalue weighted by Crippen LogP contribution is -2.09. The van der Waals surface area contributed by atoms with Crippen LogP contribution >= 0.6 is 0 Å². The topological polar surface area (TPSA) is 0 Å². The Balaban J connectivity index is 1.62. The van der Waals surface area contributed by atoms with Crippen molar-refractivity contribution in [3.63, 3.8) is 0 Å². The summed E-state index contributed by atoms with van der Waals surface area (Å²) in [6.07, 6.45) is 12.8. The van der Waals surface area contributed by atoms with E-state index in [1.807, 2.05) is 0 Å². The molecule has 0 bridgehead atoms. The third-order valence-electron chi connectivity index (χ3n) is 6.31. The molecule has 0 saturated carbocycles. The summed E-state index contributed by atoms with van der Waals surface area (Å²) in [5.41, 5.74) is 7.08. The van der Waals surface area contributed by atoms with E-state index >= 15 is 0 Å². The number of hydrogen-bond donors (Lipinski definition) is 0. The van der Waals surface area contributed by atoms with Gasteiger partial charge in [-0.2, -0.15) is 0 Å². The molecule has 0 heterocycles. The van der Waals surface area contributed by atoms with E-state index in [0.29, 0.717) is 0 Å². The van der Waals surface area contributed by atoms with Crippen molar-refractivity contribution in [1.82, 2.24) is 0 Å². The van der Waals surface area contributed by atoms with Gasteiger partial charge in [0.15, 0.2) is 0 Å². The molecular formula is C27H36. The zero-order valence-corrected chi connectivity index (χ0v) is 17.5. The molecule has 0 heteroatoms. The first-order chi connectivity index (χ1) is 13.2. The van der Waals surface area contributed by atoms with Crippen LogP contribution in [0.25, 0.3) is 16.7 Å². The Hall–Kier alpha value is -1.82. The molecule has 27 heavy (non-hydrogen) atoms. The fourth-order valence-corrected chi connectivity index (χ4v) is 4.22. The molecule has 0 aliphatic heterocycles. The molecule has 144 valence electrons. The number of aryl methyl sites for hydroxylation is 1. The van der Waals surface area contributed by atoms with Gasteiger partial charge >= 0.3 is 0 Å². The molecule has 2 aromatic carbocycles. The van der Waals surface area contributed by atoms with E-state index in [1.54, 1.807) is 5.57 Å². The van der Waals surface area contributed by atoms with Gasteiger partial charge in [-0.15, -0.1) is 0 Å². The molecule has 2 aromatic rings. The minimum atomic E-state index is 0.873. The van der Waals surface area contributed by atoms with Crippen molar-refractivity contribution in [1.29, 1.82) is 0 Å². The van der Waals surface area contributed by atoms with Crippen LogP contribution in [0.1, 0.15) is 76.8 Å². The summed E-state index contributed by atoms with van der Waals surface area (Å²) in [6.45, 7) is 6.97. The molecule has 1 aliphatic rings. The van der Waals surface area contributed by atoms with Crippen LogP contribution in [0.4, 0.5) is 0 Å². The average Bonchev–Trinajstić information content (AvgIpc) is 2.73. The third kappa shape index (κ3) is 5.58. The predicted octanol–water partition coefficient (Wildman–Crippen LogP) is 8.32. The van der Waals surface area contributed by atoms with Gasteiger partial charge in [0.05, 0.1) is 0 Å². The maximum absolute atomic E-state index is 2.51. The lowest BCUT2D eigenvalue weighted by Gasteiger charge is -2.24. The Kier molecular flexibility index (Phi) is 7.33. The molecular weight excluding hydrogens is 324 g/mol. The second kappa shape index (κ2) is 9.93. The number of allylic oxidation sites excluding steroid dienone is 2. The SMILES string of the molecule is CCCCc1ccc(-c2ccc(C3=CCC(CC(C)CC)CC3)cc2)cc1. The predicted molar refractivity (Wildman–Crippen MR) is 120 cm³/mol. The van der Waals surface area contributed by atoms with Crippen LogP contribution in [-0.2, 0) is 6.42 Å². The number of rotatable bonds is 8. The molecule has 3 rings (SSSR count). The summed E-state index contributed by atoms with van der Waals surface area (Å²) in [5, 5.41) is 0. The van der Waals surface area contributed by atoms with Crippen molar-refractivity contribution in [3.05, 3.63) is 65.7 Å². The van der Waals surface area contributed by atoms with Gasteiger partial charge in [-0.05, 0) is 78.2 Å². The highest BCUT2D eigenvalue weighted by Gasteiger charge is 2.17. The fraction of sp³-hybridized carbons (Fsp3) is 0.481. The zero-order valence-electron chi connectivity index (χ0n) is 17.5. The van der Waals surface area contributed by atoms with Crippen molar-refractivity contribution < 1.29 is 0 Å². The van der Waals surface area contributed by atoms with Crippen LogP contribution < -0.4 is 0 Å². The van der Waals surface area contributed by atoms with Crippen molar-refractivity contribution in [3.8, 4) is 11.1 Å². The quantitative estimate of drug-likeness (QED) is 0.444. The van der Waals surface area contributed by atoms with E-state index < -0.39 is 0 Å². The Morgan fingerprint density at radius 3 is 2.07 bits per heavy atom. The molecule has 0 saturated heterocycles. The summed E-state index contributed by atoms with van der Waals surface area (Å²) >= 11 is 0. The van der Waals surface area contributed by atoms with Crippen molar-refractivity contribution >= 4 is 5.57 Å². The fourth-order valence-electron chi connectivity index (χ4n) is 4.22. The highest BCUT2D eigenvalue weighted by atomic mass is 14.2. The smallest absolute Gasteiger partial charge is 0.0184 e. The Labute approximate surface area is 166 Å². The maximum atomic E-state index is 2.51. The van der Waals surface area contributed by atoms with Gasteiger partial charge in [-0.1, -0.05) is 88.2 Å². The molecule has 0 spiro atoms. The average molecular weight is 361 g/mol. The van der Waals surface area contributed by atoms with Gasteiger partial charge in [0.1, 0.15) is 0 Å². The number of unbranched alkanes of at least 4 members (excludes halogenated alkanes) is 1. The maximum Gasteiger partial charge on any atom is -0.0184 e. The molecule has 1 aliphatic carbocycles. The monoisotopic (exact) mass is 360 g/mol. The summed E-state index contributed by atoms with van der Waals surface area (Å²) in [5.74, 6) is 1.77. The summed E-state index contributed by atoms with van der Waals surface area (Å²) in [4.78, 5) is 0. The van der Waals surface area contributed by atoms with E-state index in [2.05, 4.69) is 75.4 Å². The van der Waals surface area contributed by atoms with E-state index in [-0.39, 0.29) is 0 Å². The molecule has 0 nitrogen and oxygen atoms in total. The van der Waals surface area contributed by atoms with Crippen molar-refractivity contribution in [2.45, 2.75) is 72.1 Å². The van der Waals surface area contributed by atoms with Crippen LogP contribution in [-0.4, -0.2) is 0 Å². The first-order valence-corrected chi connectivity index (χ1v) is 11.1. The Morgan fingerprint density at radius 2 is 1.52 bits per heavy atom. The van der Waals surface area contributed by atoms with Gasteiger partial charge in [-0.3, -0.25) is 0 Å². The first-order valence-electron chi connectivity index (χ1n) is 11.1. The summed E-state index contributed by atoms with van der Waals surface area (Å²) in [6, 6.07) is 18.4. The second-order valence-electron chi connectivity index (χ2n) is 8.50. The Morgan fingerprint density at radius 1 is 0.889 bits per heavy atom. The van der Waals surface area contributed by atoms with Crippen LogP contribution in [0, 0.1) is 11.8 Å². The van der Waals surface area contributed by atoms with E-state index in [1.165, 1.54) is 73.6 Å². The molecule has 0 radical (unpaired) electrons. The largest absolute Gasteiger partial charge is 0.0804 e. The lowest BCUT2D eigenvalue weighted by molar-refractivity contribution is 0.362. The van der Waals surface area contributed by atoms with Gasteiger partial charge in [0.25, 0.3) is 0 Å². The van der Waals surface area contributed by atoms with Crippen LogP contribution in [0.3, 0.4) is 0 Å². The van der Waals surface area contributed by atoms with Crippen molar-refractivity contribution in [2.24, 2.45) is 11.8 Å². The van der Waals surface area contributed by atoms with Crippen LogP contribution in [0.2, 0.25) is 0 Å². The highest BCUT2D eigenvalue weighted by molar-refractivity contribution is 5.71. The standard InChI is InChI=1S/C27H36/c1-4-6-7-22-8-12-24(13-9-22)26-16-18-27(19-17-26)25-14-10-23(11-15-25)20-21(3)5-2/h8-9,12-14,16-19,21,23H,4-7,10-11,15,20H2,1-3H3. The normalized spacial score (nSPS) is 18.2. The highest BCUT2D eigenvalue weighted by Crippen LogP contribution is 2.34. The zero-order chi connectivity index (χ0) is 19.1. The second-order valence-corrected chi connectivity index (χ2v) is 8.50. The third-order valence-corrected chi connectivity index (χ3v) is 6.31. The number of benzene rings is 2. The lowest BCUT2D eigenvalue weighted by atomic mass is 9.81. The number of hydrogen-bond acceptors (Lipinski definition) is 0. The van der Waals surface area contributed by atoms with Crippen LogP contribution in [0.15, 0.2) is 54.6 Å². The molecule has 0 aromatic heterocycles. The Bertz CT molecular complexity index is 718. The van der Waals surface area contributed by atoms with Gasteiger partial charge in [0.2, 0.25) is 0 Å². The van der Waals surface area contributed by atoms with Gasteiger partial charge in [-0.25, -0.2) is 0 Å². The summed E-state index contributed by atoms with van der Waals surface area (Å²) in [7, 11) is 0. The van der Waals surface area contributed by atoms with Gasteiger partial charge < -0.3 is 0 Å². The summed E-state index contributed by atoms with van der Waals surface area (Å²) < 4.78 is 0. The van der Waals surface area contributed by atoms with Crippen molar-refractivity contribution in [2.75, 3.05) is 0 Å². The van der Waals surface area contributed by atoms with E-state index in [9.17, 15) is 0 Å². The molecule has 0 amide bonds. The minimum absolute atomic E-state index is 0.873. The van der Waals surface area contributed by atoms with E-state index in [0.717, 1.165) is 11.8 Å². The minimum Gasteiger partial charge on any atom is -0.0804 e. The molecule has 2 unspecified atom stereocenters. The molecule has 0 fully saturated rings.